The summed E-state index contributed by atoms with van der Waals surface area (Å²) in [5.74, 6) is 0.151. The van der Waals surface area contributed by atoms with Gasteiger partial charge in [-0.3, -0.25) is 9.69 Å². The van der Waals surface area contributed by atoms with Gasteiger partial charge in [-0.1, -0.05) is 48.0 Å². The summed E-state index contributed by atoms with van der Waals surface area (Å²) in [5, 5.41) is 0. The molecule has 0 unspecified atom stereocenters. The molecule has 1 saturated heterocycles. The van der Waals surface area contributed by atoms with Crippen LogP contribution in [0.3, 0.4) is 0 Å². The average molecular weight is 580 g/mol. The number of methoxy groups -OCH3 is 1. The van der Waals surface area contributed by atoms with Gasteiger partial charge in [0.15, 0.2) is 0 Å². The smallest absolute Gasteiger partial charge is 0.254 e. The van der Waals surface area contributed by atoms with Crippen LogP contribution in [0.15, 0.2) is 71.6 Å². The SMILES string of the molecule is COc1ccccc1/C=C/CN(CCN1CCN(S(=O)(=O)c2c(C)cc(C)cc2C)CC1)C(=O)c1ccc(F)cc1. The van der Waals surface area contributed by atoms with Crippen molar-refractivity contribution >= 4 is 22.0 Å². The quantitative estimate of drug-likeness (QED) is 0.341. The third-order valence-electron chi connectivity index (χ3n) is 7.36. The zero-order valence-corrected chi connectivity index (χ0v) is 25.0. The number of ether oxygens (including phenoxy) is 1. The molecule has 1 heterocycles. The summed E-state index contributed by atoms with van der Waals surface area (Å²) in [7, 11) is -1.98. The van der Waals surface area contributed by atoms with Gasteiger partial charge in [0.2, 0.25) is 10.0 Å². The maximum atomic E-state index is 13.5. The van der Waals surface area contributed by atoms with Gasteiger partial charge < -0.3 is 9.64 Å². The van der Waals surface area contributed by atoms with Crippen LogP contribution in [-0.2, 0) is 10.0 Å². The van der Waals surface area contributed by atoms with Crippen LogP contribution in [0.5, 0.6) is 5.75 Å². The Morgan fingerprint density at radius 1 is 0.976 bits per heavy atom. The van der Waals surface area contributed by atoms with E-state index < -0.39 is 15.8 Å². The topological polar surface area (TPSA) is 70.2 Å². The predicted molar refractivity (Wildman–Crippen MR) is 160 cm³/mol. The molecule has 1 fully saturated rings. The van der Waals surface area contributed by atoms with E-state index in [0.717, 1.165) is 28.0 Å². The van der Waals surface area contributed by atoms with Crippen LogP contribution in [0.4, 0.5) is 4.39 Å². The lowest BCUT2D eigenvalue weighted by molar-refractivity contribution is 0.0745. The van der Waals surface area contributed by atoms with Crippen LogP contribution >= 0.6 is 0 Å². The Balaban J connectivity index is 1.42. The van der Waals surface area contributed by atoms with Crippen molar-refractivity contribution in [1.29, 1.82) is 0 Å². The predicted octanol–water partition coefficient (Wildman–Crippen LogP) is 4.92. The van der Waals surface area contributed by atoms with Crippen LogP contribution in [0.1, 0.15) is 32.6 Å². The number of carbonyl (C=O) groups is 1. The van der Waals surface area contributed by atoms with E-state index in [0.29, 0.717) is 56.3 Å². The number of sulfonamides is 1. The van der Waals surface area contributed by atoms with Crippen molar-refractivity contribution in [2.45, 2.75) is 25.7 Å². The Morgan fingerprint density at radius 2 is 1.61 bits per heavy atom. The highest BCUT2D eigenvalue weighted by Crippen LogP contribution is 2.26. The summed E-state index contributed by atoms with van der Waals surface area (Å²) in [6.45, 7) is 8.95. The third-order valence-corrected chi connectivity index (χ3v) is 9.57. The summed E-state index contributed by atoms with van der Waals surface area (Å²) in [6.07, 6.45) is 3.83. The van der Waals surface area contributed by atoms with E-state index >= 15 is 0 Å². The molecule has 218 valence electrons. The van der Waals surface area contributed by atoms with Gasteiger partial charge in [0.25, 0.3) is 5.91 Å². The molecule has 1 aliphatic rings. The van der Waals surface area contributed by atoms with E-state index in [2.05, 4.69) is 4.90 Å². The minimum absolute atomic E-state index is 0.193. The molecule has 1 aliphatic heterocycles. The second-order valence-electron chi connectivity index (χ2n) is 10.4. The van der Waals surface area contributed by atoms with Crippen LogP contribution in [0.2, 0.25) is 0 Å². The van der Waals surface area contributed by atoms with Crippen molar-refractivity contribution in [1.82, 2.24) is 14.1 Å². The van der Waals surface area contributed by atoms with E-state index in [9.17, 15) is 17.6 Å². The molecular formula is C32H38FN3O4S. The lowest BCUT2D eigenvalue weighted by Crippen LogP contribution is -2.50. The summed E-state index contributed by atoms with van der Waals surface area (Å²) in [4.78, 5) is 17.7. The van der Waals surface area contributed by atoms with Gasteiger partial charge in [-0.05, 0) is 62.2 Å². The third kappa shape index (κ3) is 7.41. The number of rotatable bonds is 10. The van der Waals surface area contributed by atoms with Crippen molar-refractivity contribution in [3.05, 3.63) is 100 Å². The first kappa shape index (κ1) is 30.4. The van der Waals surface area contributed by atoms with Crippen LogP contribution in [-0.4, -0.2) is 81.4 Å². The fourth-order valence-corrected chi connectivity index (χ4v) is 7.15. The van der Waals surface area contributed by atoms with E-state index in [-0.39, 0.29) is 5.91 Å². The van der Waals surface area contributed by atoms with Gasteiger partial charge in [-0.25, -0.2) is 12.8 Å². The Hall–Kier alpha value is -3.53. The van der Waals surface area contributed by atoms with Crippen LogP contribution in [0.25, 0.3) is 6.08 Å². The fourth-order valence-electron chi connectivity index (χ4n) is 5.32. The van der Waals surface area contributed by atoms with Crippen molar-refractivity contribution in [2.75, 3.05) is 52.9 Å². The van der Waals surface area contributed by atoms with Gasteiger partial charge >= 0.3 is 0 Å². The average Bonchev–Trinajstić information content (AvgIpc) is 2.94. The van der Waals surface area contributed by atoms with E-state index in [1.165, 1.54) is 24.3 Å². The van der Waals surface area contributed by atoms with Crippen molar-refractivity contribution in [2.24, 2.45) is 0 Å². The number of nitrogens with zero attached hydrogens (tertiary/aromatic N) is 3. The molecule has 3 aromatic carbocycles. The molecule has 3 aromatic rings. The number of benzene rings is 3. The van der Waals surface area contributed by atoms with E-state index in [4.69, 9.17) is 4.74 Å². The molecule has 7 nitrogen and oxygen atoms in total. The molecule has 0 aromatic heterocycles. The van der Waals surface area contributed by atoms with Gasteiger partial charge in [0.05, 0.1) is 12.0 Å². The van der Waals surface area contributed by atoms with Crippen LogP contribution in [0, 0.1) is 26.6 Å². The van der Waals surface area contributed by atoms with Gasteiger partial charge in [0.1, 0.15) is 11.6 Å². The second-order valence-corrected chi connectivity index (χ2v) is 12.3. The number of amides is 1. The Morgan fingerprint density at radius 3 is 2.24 bits per heavy atom. The number of aryl methyl sites for hydroxylation is 3. The molecule has 0 bridgehead atoms. The van der Waals surface area contributed by atoms with Crippen molar-refractivity contribution in [3.63, 3.8) is 0 Å². The zero-order valence-electron chi connectivity index (χ0n) is 24.1. The minimum Gasteiger partial charge on any atom is -0.496 e. The lowest BCUT2D eigenvalue weighted by Gasteiger charge is -2.35. The highest BCUT2D eigenvalue weighted by Gasteiger charge is 2.31. The highest BCUT2D eigenvalue weighted by atomic mass is 32.2. The monoisotopic (exact) mass is 579 g/mol. The number of hydrogen-bond donors (Lipinski definition) is 0. The van der Waals surface area contributed by atoms with E-state index in [1.807, 2.05) is 69.3 Å². The normalized spacial score (nSPS) is 14.9. The van der Waals surface area contributed by atoms with Gasteiger partial charge in [-0.15, -0.1) is 0 Å². The highest BCUT2D eigenvalue weighted by molar-refractivity contribution is 7.89. The molecule has 9 heteroatoms. The first-order valence-corrected chi connectivity index (χ1v) is 15.2. The first-order valence-electron chi connectivity index (χ1n) is 13.7. The van der Waals surface area contributed by atoms with Gasteiger partial charge in [0, 0.05) is 56.9 Å². The number of halogens is 1. The second kappa shape index (κ2) is 13.4. The Kier molecular flexibility index (Phi) is 9.96. The van der Waals surface area contributed by atoms with E-state index in [1.54, 1.807) is 16.3 Å². The van der Waals surface area contributed by atoms with Crippen LogP contribution < -0.4 is 4.74 Å². The molecule has 0 saturated carbocycles. The van der Waals surface area contributed by atoms with Gasteiger partial charge in [-0.2, -0.15) is 4.31 Å². The maximum absolute atomic E-state index is 13.5. The summed E-state index contributed by atoms with van der Waals surface area (Å²) in [5.41, 5.74) is 3.89. The molecule has 0 radical (unpaired) electrons. The molecular weight excluding hydrogens is 541 g/mol. The summed E-state index contributed by atoms with van der Waals surface area (Å²) >= 11 is 0. The largest absolute Gasteiger partial charge is 0.496 e. The molecule has 0 spiro atoms. The Bertz CT molecular complexity index is 1470. The summed E-state index contributed by atoms with van der Waals surface area (Å²) < 4.78 is 47.4. The van der Waals surface area contributed by atoms with Crippen molar-refractivity contribution in [3.8, 4) is 5.75 Å². The zero-order chi connectivity index (χ0) is 29.6. The molecule has 4 rings (SSSR count). The molecule has 0 atom stereocenters. The maximum Gasteiger partial charge on any atom is 0.254 e. The van der Waals surface area contributed by atoms with Crippen molar-refractivity contribution < 1.29 is 22.3 Å². The minimum atomic E-state index is -3.60. The number of hydrogen-bond acceptors (Lipinski definition) is 5. The number of para-hydroxylation sites is 1. The Labute approximate surface area is 242 Å². The fraction of sp³-hybridized carbons (Fsp3) is 0.344. The molecule has 1 amide bonds. The molecule has 0 aliphatic carbocycles. The lowest BCUT2D eigenvalue weighted by atomic mass is 10.1. The summed E-state index contributed by atoms with van der Waals surface area (Å²) in [6, 6.07) is 17.0. The number of piperazine rings is 1. The standard InChI is InChI=1S/C32H38FN3O4S/c1-24-22-25(2)31(26(3)23-24)41(38,39)36-20-17-34(18-21-36)16-19-35(32(37)28-11-13-29(33)14-12-28)15-7-9-27-8-5-6-10-30(27)40-4/h5-14,22-23H,15-21H2,1-4H3/b9-7+. The number of carbonyl (C=O) groups excluding carboxylic acids is 1. The molecule has 41 heavy (non-hydrogen) atoms. The molecule has 0 N–H and O–H groups in total. The first-order chi connectivity index (χ1) is 19.6.